The van der Waals surface area contributed by atoms with Gasteiger partial charge in [0.1, 0.15) is 5.75 Å². The molecule has 0 aliphatic heterocycles. The molecular formula is C19H14ClN3O4PS+. The predicted molar refractivity (Wildman–Crippen MR) is 113 cm³/mol. The molecule has 0 fully saturated rings. The van der Waals surface area contributed by atoms with Crippen LogP contribution >= 0.6 is 31.6 Å². The Balaban J connectivity index is 1.62. The van der Waals surface area contributed by atoms with Crippen molar-refractivity contribution in [1.29, 1.82) is 0 Å². The van der Waals surface area contributed by atoms with Crippen molar-refractivity contribution in [2.45, 2.75) is 5.16 Å². The fraction of sp³-hybridized carbons (Fsp3) is 0.0526. The van der Waals surface area contributed by atoms with E-state index in [0.29, 0.717) is 27.0 Å². The maximum absolute atomic E-state index is 10.6. The van der Waals surface area contributed by atoms with Crippen molar-refractivity contribution >= 4 is 42.8 Å². The van der Waals surface area contributed by atoms with Crippen LogP contribution in [0.4, 0.5) is 0 Å². The number of phenolic OH excluding ortho intramolecular Hbond substituents is 1. The number of para-hydroxylation sites is 1. The molecule has 4 aromatic rings. The van der Waals surface area contributed by atoms with Crippen molar-refractivity contribution in [2.75, 3.05) is 5.94 Å². The number of hydrogen-bond acceptors (Lipinski definition) is 6. The van der Waals surface area contributed by atoms with Crippen LogP contribution in [0.1, 0.15) is 0 Å². The summed E-state index contributed by atoms with van der Waals surface area (Å²) in [5.41, 5.74) is 4.15. The number of rotatable bonds is 6. The van der Waals surface area contributed by atoms with Crippen LogP contribution in [0.3, 0.4) is 0 Å². The Morgan fingerprint density at radius 3 is 2.55 bits per heavy atom. The highest BCUT2D eigenvalue weighted by Crippen LogP contribution is 2.33. The van der Waals surface area contributed by atoms with E-state index in [1.54, 1.807) is 18.2 Å². The molecular weight excluding hydrogens is 433 g/mol. The van der Waals surface area contributed by atoms with Gasteiger partial charge in [-0.15, -0.1) is 9.42 Å². The van der Waals surface area contributed by atoms with Gasteiger partial charge < -0.3 is 10.1 Å². The molecule has 2 aromatic carbocycles. The van der Waals surface area contributed by atoms with Gasteiger partial charge in [0.05, 0.1) is 16.2 Å². The smallest absolute Gasteiger partial charge is 0.507 e. The lowest BCUT2D eigenvalue weighted by Crippen LogP contribution is -1.88. The molecule has 0 aliphatic rings. The zero-order chi connectivity index (χ0) is 20.4. The van der Waals surface area contributed by atoms with E-state index in [9.17, 15) is 9.67 Å². The average molecular weight is 447 g/mol. The van der Waals surface area contributed by atoms with Gasteiger partial charge in [-0.1, -0.05) is 65.8 Å². The quantitative estimate of drug-likeness (QED) is 0.207. The van der Waals surface area contributed by atoms with Gasteiger partial charge in [0.2, 0.25) is 0 Å². The van der Waals surface area contributed by atoms with E-state index in [2.05, 4.69) is 19.5 Å². The number of nitrogens with one attached hydrogen (secondary N) is 1. The zero-order valence-electron chi connectivity index (χ0n) is 14.7. The molecule has 4 rings (SSSR count). The third-order valence-corrected chi connectivity index (χ3v) is 5.65. The van der Waals surface area contributed by atoms with Gasteiger partial charge in [-0.25, -0.2) is 9.97 Å². The SMILES string of the molecule is O=[P+](O)OCSc1nc2nc(-c3ccc(-c4ccccc4O)cc3)c(Cl)cc2[nH]1. The van der Waals surface area contributed by atoms with Crippen molar-refractivity contribution < 1.29 is 19.1 Å². The molecule has 0 amide bonds. The number of aromatic hydroxyl groups is 1. The predicted octanol–water partition coefficient (Wildman–Crippen LogP) is 5.37. The molecule has 146 valence electrons. The lowest BCUT2D eigenvalue weighted by Gasteiger charge is -2.07. The average Bonchev–Trinajstić information content (AvgIpc) is 3.09. The standard InChI is InChI=1S/C19H13ClN3O4PS/c20-14-9-15-18(23-19(21-15)29-10-27-28(25)26)22-17(14)12-7-5-11(6-8-12)13-3-1-2-4-16(13)24/h1-9H,10H2,(H2-,21,22,23,24,25,26)/p+1. The van der Waals surface area contributed by atoms with E-state index in [4.69, 9.17) is 16.5 Å². The zero-order valence-corrected chi connectivity index (χ0v) is 17.2. The van der Waals surface area contributed by atoms with Crippen molar-refractivity contribution in [2.24, 2.45) is 0 Å². The second-order valence-corrected chi connectivity index (χ2v) is 8.01. The van der Waals surface area contributed by atoms with Crippen LogP contribution in [0.5, 0.6) is 5.75 Å². The minimum absolute atomic E-state index is 0.0140. The number of phenols is 1. The molecule has 2 aromatic heterocycles. The van der Waals surface area contributed by atoms with Gasteiger partial charge in [-0.2, -0.15) is 0 Å². The van der Waals surface area contributed by atoms with E-state index < -0.39 is 8.25 Å². The van der Waals surface area contributed by atoms with Crippen LogP contribution in [0.25, 0.3) is 33.5 Å². The van der Waals surface area contributed by atoms with Crippen LogP contribution in [-0.2, 0) is 9.09 Å². The first-order valence-corrected chi connectivity index (χ1v) is 10.9. The molecule has 3 N–H and O–H groups in total. The fourth-order valence-electron chi connectivity index (χ4n) is 2.82. The van der Waals surface area contributed by atoms with Crippen LogP contribution in [-0.4, -0.2) is 30.9 Å². The molecule has 1 atom stereocenters. The molecule has 0 radical (unpaired) electrons. The van der Waals surface area contributed by atoms with Crippen LogP contribution in [0.15, 0.2) is 59.8 Å². The van der Waals surface area contributed by atoms with Gasteiger partial charge in [0.25, 0.3) is 0 Å². The maximum atomic E-state index is 10.6. The number of aromatic nitrogens is 3. The van der Waals surface area contributed by atoms with Crippen molar-refractivity contribution in [3.8, 4) is 28.1 Å². The van der Waals surface area contributed by atoms with Crippen molar-refractivity contribution in [3.63, 3.8) is 0 Å². The number of nitrogens with zero attached hydrogens (tertiary/aromatic N) is 2. The molecule has 29 heavy (non-hydrogen) atoms. The summed E-state index contributed by atoms with van der Waals surface area (Å²) in [6.07, 6.45) is 0. The van der Waals surface area contributed by atoms with E-state index in [-0.39, 0.29) is 11.7 Å². The number of thioether (sulfide) groups is 1. The molecule has 0 saturated heterocycles. The lowest BCUT2D eigenvalue weighted by atomic mass is 10.0. The third kappa shape index (κ3) is 4.42. The second-order valence-electron chi connectivity index (χ2n) is 5.96. The number of pyridine rings is 1. The number of aromatic amines is 1. The minimum Gasteiger partial charge on any atom is -0.507 e. The van der Waals surface area contributed by atoms with E-state index >= 15 is 0 Å². The largest absolute Gasteiger partial charge is 0.695 e. The van der Waals surface area contributed by atoms with Gasteiger partial charge in [0, 0.05) is 15.7 Å². The Bertz CT molecular complexity index is 1200. The summed E-state index contributed by atoms with van der Waals surface area (Å²) in [5.74, 6) is 0.203. The summed E-state index contributed by atoms with van der Waals surface area (Å²) < 4.78 is 15.2. The Hall–Kier alpha value is -2.48. The van der Waals surface area contributed by atoms with E-state index in [1.165, 1.54) is 0 Å². The molecule has 7 nitrogen and oxygen atoms in total. The Morgan fingerprint density at radius 2 is 1.83 bits per heavy atom. The van der Waals surface area contributed by atoms with Gasteiger partial charge in [-0.05, 0) is 17.7 Å². The lowest BCUT2D eigenvalue weighted by molar-refractivity contribution is 0.331. The highest BCUT2D eigenvalue weighted by molar-refractivity contribution is 7.99. The fourth-order valence-corrected chi connectivity index (χ4v) is 4.10. The topological polar surface area (TPSA) is 108 Å². The molecule has 1 unspecified atom stereocenters. The first kappa shape index (κ1) is 19.8. The number of benzene rings is 2. The molecule has 0 bridgehead atoms. The summed E-state index contributed by atoms with van der Waals surface area (Å²) in [4.78, 5) is 20.6. The molecule has 0 spiro atoms. The summed E-state index contributed by atoms with van der Waals surface area (Å²) in [5, 5.41) is 11.0. The van der Waals surface area contributed by atoms with E-state index in [0.717, 1.165) is 28.5 Å². The minimum atomic E-state index is -2.65. The monoisotopic (exact) mass is 446 g/mol. The Kier molecular flexibility index (Phi) is 5.80. The van der Waals surface area contributed by atoms with Crippen LogP contribution < -0.4 is 0 Å². The highest BCUT2D eigenvalue weighted by Gasteiger charge is 2.15. The van der Waals surface area contributed by atoms with E-state index in [1.807, 2.05) is 36.4 Å². The van der Waals surface area contributed by atoms with Crippen molar-refractivity contribution in [3.05, 3.63) is 59.6 Å². The summed E-state index contributed by atoms with van der Waals surface area (Å²) >= 11 is 7.56. The van der Waals surface area contributed by atoms with Gasteiger partial charge >= 0.3 is 8.25 Å². The molecule has 2 heterocycles. The summed E-state index contributed by atoms with van der Waals surface area (Å²) in [6.45, 7) is 0. The number of H-pyrrole nitrogens is 1. The Labute approximate surface area is 175 Å². The normalized spacial score (nSPS) is 11.7. The van der Waals surface area contributed by atoms with Gasteiger partial charge in [0.15, 0.2) is 16.7 Å². The van der Waals surface area contributed by atoms with Gasteiger partial charge in [-0.3, -0.25) is 0 Å². The molecule has 0 aliphatic carbocycles. The van der Waals surface area contributed by atoms with Crippen molar-refractivity contribution in [1.82, 2.24) is 15.0 Å². The number of imidazole rings is 1. The van der Waals surface area contributed by atoms with Crippen LogP contribution in [0.2, 0.25) is 5.02 Å². The number of halogens is 1. The van der Waals surface area contributed by atoms with Crippen LogP contribution in [0, 0.1) is 0 Å². The Morgan fingerprint density at radius 1 is 1.10 bits per heavy atom. The number of hydrogen-bond donors (Lipinski definition) is 3. The second kappa shape index (κ2) is 8.49. The first-order chi connectivity index (χ1) is 14.0. The third-order valence-electron chi connectivity index (χ3n) is 4.14. The maximum Gasteiger partial charge on any atom is 0.695 e. The highest BCUT2D eigenvalue weighted by atomic mass is 35.5. The molecule has 0 saturated carbocycles. The summed E-state index contributed by atoms with van der Waals surface area (Å²) in [6, 6.07) is 16.4. The summed E-state index contributed by atoms with van der Waals surface area (Å²) in [7, 11) is -2.65. The molecule has 10 heteroatoms. The number of fused-ring (bicyclic) bond motifs is 1. The first-order valence-electron chi connectivity index (χ1n) is 8.38.